The van der Waals surface area contributed by atoms with Crippen LogP contribution in [-0.4, -0.2) is 42.5 Å². The van der Waals surface area contributed by atoms with Crippen LogP contribution in [0, 0.1) is 0 Å². The summed E-state index contributed by atoms with van der Waals surface area (Å²) >= 11 is 0. The molecule has 3 rings (SSSR count). The topological polar surface area (TPSA) is 100 Å². The highest BCUT2D eigenvalue weighted by atomic mass is 19.4. The molecule has 0 radical (unpaired) electrons. The largest absolute Gasteiger partial charge is 0.573 e. The summed E-state index contributed by atoms with van der Waals surface area (Å²) in [5.41, 5.74) is 1.16. The Balaban J connectivity index is 1.60. The van der Waals surface area contributed by atoms with Crippen molar-refractivity contribution >= 4 is 23.5 Å². The van der Waals surface area contributed by atoms with Crippen molar-refractivity contribution in [2.24, 2.45) is 0 Å². The first-order chi connectivity index (χ1) is 14.3. The standard InChI is InChI=1S/C19H23F3N6O2/c1-23-9-2-10-24-16-11-15(12-3-4-12)26-17(27-16)28-18(29)25-13-5-7-14(8-6-13)30-19(20,21)22/h5-8,11-12,23H,2-4,9-10H2,1H3,(H3,24,25,26,27,28,29). The molecule has 11 heteroatoms. The summed E-state index contributed by atoms with van der Waals surface area (Å²) in [6.07, 6.45) is -1.76. The number of aromatic nitrogens is 2. The maximum absolute atomic E-state index is 12.3. The van der Waals surface area contributed by atoms with E-state index in [-0.39, 0.29) is 11.7 Å². The van der Waals surface area contributed by atoms with Gasteiger partial charge in [-0.3, -0.25) is 5.32 Å². The second-order valence-electron chi connectivity index (χ2n) is 6.81. The Bertz CT molecular complexity index is 856. The molecule has 0 aliphatic heterocycles. The third-order valence-electron chi connectivity index (χ3n) is 4.22. The number of alkyl halides is 3. The van der Waals surface area contributed by atoms with Crippen LogP contribution in [0.5, 0.6) is 5.75 Å². The Morgan fingerprint density at radius 1 is 1.13 bits per heavy atom. The molecule has 1 aliphatic carbocycles. The van der Waals surface area contributed by atoms with Crippen molar-refractivity contribution in [3.63, 3.8) is 0 Å². The van der Waals surface area contributed by atoms with Gasteiger partial charge in [0.1, 0.15) is 11.6 Å². The van der Waals surface area contributed by atoms with E-state index in [1.54, 1.807) is 0 Å². The monoisotopic (exact) mass is 424 g/mol. The number of carbonyl (C=O) groups is 1. The second-order valence-corrected chi connectivity index (χ2v) is 6.81. The van der Waals surface area contributed by atoms with Gasteiger partial charge in [-0.05, 0) is 57.1 Å². The number of nitrogens with zero attached hydrogens (tertiary/aromatic N) is 2. The molecule has 0 unspecified atom stereocenters. The fourth-order valence-electron chi connectivity index (χ4n) is 2.69. The SMILES string of the molecule is CNCCCNc1cc(C2CC2)nc(NC(=O)Nc2ccc(OC(F)(F)F)cc2)n1. The molecule has 0 bridgehead atoms. The maximum atomic E-state index is 12.3. The third kappa shape index (κ3) is 7.07. The molecule has 0 saturated heterocycles. The van der Waals surface area contributed by atoms with E-state index in [2.05, 4.69) is 36.0 Å². The van der Waals surface area contributed by atoms with E-state index in [9.17, 15) is 18.0 Å². The smallest absolute Gasteiger partial charge is 0.406 e. The van der Waals surface area contributed by atoms with Gasteiger partial charge in [-0.1, -0.05) is 0 Å². The van der Waals surface area contributed by atoms with Crippen molar-refractivity contribution in [1.29, 1.82) is 0 Å². The molecule has 1 fully saturated rings. The average molecular weight is 424 g/mol. The van der Waals surface area contributed by atoms with Crippen LogP contribution in [0.3, 0.4) is 0 Å². The first kappa shape index (κ1) is 21.6. The summed E-state index contributed by atoms with van der Waals surface area (Å²) in [6.45, 7) is 1.59. The summed E-state index contributed by atoms with van der Waals surface area (Å²) < 4.78 is 40.4. The number of rotatable bonds is 9. The Morgan fingerprint density at radius 3 is 2.50 bits per heavy atom. The lowest BCUT2D eigenvalue weighted by Gasteiger charge is -2.12. The van der Waals surface area contributed by atoms with Crippen molar-refractivity contribution in [3.8, 4) is 5.75 Å². The van der Waals surface area contributed by atoms with Gasteiger partial charge in [0.15, 0.2) is 0 Å². The van der Waals surface area contributed by atoms with Crippen LogP contribution in [-0.2, 0) is 0 Å². The minimum Gasteiger partial charge on any atom is -0.406 e. The van der Waals surface area contributed by atoms with Crippen molar-refractivity contribution < 1.29 is 22.7 Å². The van der Waals surface area contributed by atoms with Crippen molar-refractivity contribution in [1.82, 2.24) is 15.3 Å². The Labute approximate surface area is 171 Å². The highest BCUT2D eigenvalue weighted by Gasteiger charge is 2.31. The van der Waals surface area contributed by atoms with Gasteiger partial charge >= 0.3 is 12.4 Å². The molecule has 0 atom stereocenters. The fourth-order valence-corrected chi connectivity index (χ4v) is 2.69. The number of amides is 2. The van der Waals surface area contributed by atoms with Gasteiger partial charge in [0.05, 0.1) is 5.69 Å². The zero-order valence-corrected chi connectivity index (χ0v) is 16.3. The quantitative estimate of drug-likeness (QED) is 0.456. The highest BCUT2D eigenvalue weighted by molar-refractivity contribution is 5.98. The van der Waals surface area contributed by atoms with Crippen LogP contribution >= 0.6 is 0 Å². The molecular weight excluding hydrogens is 401 g/mol. The molecule has 2 amide bonds. The summed E-state index contributed by atoms with van der Waals surface area (Å²) in [5.74, 6) is 0.788. The molecule has 30 heavy (non-hydrogen) atoms. The van der Waals surface area contributed by atoms with E-state index in [0.717, 1.165) is 50.2 Å². The summed E-state index contributed by atoms with van der Waals surface area (Å²) in [5, 5.41) is 11.4. The van der Waals surface area contributed by atoms with Gasteiger partial charge in [0, 0.05) is 24.2 Å². The average Bonchev–Trinajstić information content (AvgIpc) is 3.51. The third-order valence-corrected chi connectivity index (χ3v) is 4.22. The van der Waals surface area contributed by atoms with E-state index in [1.807, 2.05) is 13.1 Å². The number of carbonyl (C=O) groups excluding carboxylic acids is 1. The Kier molecular flexibility index (Phi) is 6.93. The van der Waals surface area contributed by atoms with E-state index >= 15 is 0 Å². The number of anilines is 3. The number of nitrogens with one attached hydrogen (secondary N) is 4. The summed E-state index contributed by atoms with van der Waals surface area (Å²) in [6, 6.07) is 6.11. The lowest BCUT2D eigenvalue weighted by atomic mass is 10.3. The normalized spacial score (nSPS) is 13.6. The molecule has 4 N–H and O–H groups in total. The van der Waals surface area contributed by atoms with Crippen LogP contribution < -0.4 is 26.0 Å². The zero-order valence-electron chi connectivity index (χ0n) is 16.3. The molecule has 2 aromatic rings. The van der Waals surface area contributed by atoms with Gasteiger partial charge in [0.25, 0.3) is 0 Å². The number of benzene rings is 1. The van der Waals surface area contributed by atoms with Gasteiger partial charge in [0.2, 0.25) is 5.95 Å². The van der Waals surface area contributed by atoms with Crippen molar-refractivity contribution in [3.05, 3.63) is 36.0 Å². The van der Waals surface area contributed by atoms with Crippen molar-refractivity contribution in [2.75, 3.05) is 36.1 Å². The number of hydrogen-bond acceptors (Lipinski definition) is 6. The highest BCUT2D eigenvalue weighted by Crippen LogP contribution is 2.39. The van der Waals surface area contributed by atoms with Crippen LogP contribution in [0.25, 0.3) is 0 Å². The number of ether oxygens (including phenoxy) is 1. The molecule has 1 aromatic heterocycles. The predicted octanol–water partition coefficient (Wildman–Crippen LogP) is 3.92. The van der Waals surface area contributed by atoms with Crippen LogP contribution in [0.1, 0.15) is 30.9 Å². The van der Waals surface area contributed by atoms with Gasteiger partial charge < -0.3 is 20.7 Å². The minimum absolute atomic E-state index is 0.157. The number of urea groups is 1. The van der Waals surface area contributed by atoms with Crippen LogP contribution in [0.4, 0.5) is 35.4 Å². The van der Waals surface area contributed by atoms with Crippen LogP contribution in [0.2, 0.25) is 0 Å². The summed E-state index contributed by atoms with van der Waals surface area (Å²) in [4.78, 5) is 21.0. The molecule has 0 spiro atoms. The summed E-state index contributed by atoms with van der Waals surface area (Å²) in [7, 11) is 1.88. The van der Waals surface area contributed by atoms with Gasteiger partial charge in [-0.25, -0.2) is 9.78 Å². The van der Waals surface area contributed by atoms with E-state index in [4.69, 9.17) is 0 Å². The molecular formula is C19H23F3N6O2. The zero-order chi connectivity index (χ0) is 21.6. The molecule has 1 aliphatic rings. The molecule has 1 heterocycles. The van der Waals surface area contributed by atoms with Gasteiger partial charge in [-0.2, -0.15) is 4.98 Å². The molecule has 1 aromatic carbocycles. The molecule has 1 saturated carbocycles. The fraction of sp³-hybridized carbons (Fsp3) is 0.421. The lowest BCUT2D eigenvalue weighted by Crippen LogP contribution is -2.22. The predicted molar refractivity (Wildman–Crippen MR) is 107 cm³/mol. The molecule has 8 nitrogen and oxygen atoms in total. The minimum atomic E-state index is -4.77. The van der Waals surface area contributed by atoms with Crippen LogP contribution in [0.15, 0.2) is 30.3 Å². The van der Waals surface area contributed by atoms with Gasteiger partial charge in [-0.15, -0.1) is 13.2 Å². The van der Waals surface area contributed by atoms with E-state index in [1.165, 1.54) is 12.1 Å². The molecule has 162 valence electrons. The number of halogens is 3. The Morgan fingerprint density at radius 2 is 1.87 bits per heavy atom. The number of hydrogen-bond donors (Lipinski definition) is 4. The lowest BCUT2D eigenvalue weighted by molar-refractivity contribution is -0.274. The first-order valence-corrected chi connectivity index (χ1v) is 9.53. The second kappa shape index (κ2) is 9.61. The van der Waals surface area contributed by atoms with Crippen molar-refractivity contribution in [2.45, 2.75) is 31.5 Å². The maximum Gasteiger partial charge on any atom is 0.573 e. The van der Waals surface area contributed by atoms with E-state index < -0.39 is 12.4 Å². The van der Waals surface area contributed by atoms with E-state index in [0.29, 0.717) is 17.4 Å². The first-order valence-electron chi connectivity index (χ1n) is 9.53. The Hall–Kier alpha value is -3.08.